The van der Waals surface area contributed by atoms with Crippen LogP contribution < -0.4 is 5.32 Å². The minimum atomic E-state index is -1.29. The van der Waals surface area contributed by atoms with E-state index in [1.165, 1.54) is 24.7 Å². The number of hydrogen-bond donors (Lipinski definition) is 2. The lowest BCUT2D eigenvalue weighted by Crippen LogP contribution is -2.08. The lowest BCUT2D eigenvalue weighted by atomic mass is 10.1. The highest BCUT2D eigenvalue weighted by Crippen LogP contribution is 2.19. The fourth-order valence-electron chi connectivity index (χ4n) is 1.48. The quantitative estimate of drug-likeness (QED) is 0.855. The van der Waals surface area contributed by atoms with Crippen LogP contribution in [-0.4, -0.2) is 11.1 Å². The molecule has 0 amide bonds. The number of rotatable bonds is 4. The average molecular weight is 235 g/mol. The second-order valence-corrected chi connectivity index (χ2v) is 3.45. The summed E-state index contributed by atoms with van der Waals surface area (Å²) in [5, 5.41) is 11.8. The molecule has 0 radical (unpaired) electrons. The first-order valence-corrected chi connectivity index (χ1v) is 4.95. The van der Waals surface area contributed by atoms with Gasteiger partial charge < -0.3 is 14.8 Å². The molecule has 0 aliphatic carbocycles. The summed E-state index contributed by atoms with van der Waals surface area (Å²) < 4.78 is 18.2. The standard InChI is InChI=1S/C12H10FNO3/c13-9-2-1-3-10(11(9)12(15)16)14-6-8-4-5-17-7-8/h1-5,7,14H,6H2,(H,15,16). The fourth-order valence-corrected chi connectivity index (χ4v) is 1.48. The molecule has 0 bridgehead atoms. The van der Waals surface area contributed by atoms with Gasteiger partial charge in [0.2, 0.25) is 0 Å². The molecule has 0 saturated heterocycles. The molecule has 0 spiro atoms. The summed E-state index contributed by atoms with van der Waals surface area (Å²) in [7, 11) is 0. The SMILES string of the molecule is O=C(O)c1c(F)cccc1NCc1ccoc1. The number of benzene rings is 1. The summed E-state index contributed by atoms with van der Waals surface area (Å²) in [5.74, 6) is -2.05. The van der Waals surface area contributed by atoms with Gasteiger partial charge in [-0.2, -0.15) is 0 Å². The first-order chi connectivity index (χ1) is 8.18. The fraction of sp³-hybridized carbons (Fsp3) is 0.0833. The molecule has 0 saturated carbocycles. The Bertz CT molecular complexity index is 523. The molecule has 0 aliphatic rings. The number of hydrogen-bond acceptors (Lipinski definition) is 3. The van der Waals surface area contributed by atoms with Crippen LogP contribution in [0.15, 0.2) is 41.2 Å². The third-order valence-electron chi connectivity index (χ3n) is 2.29. The van der Waals surface area contributed by atoms with E-state index in [0.29, 0.717) is 6.54 Å². The molecule has 2 N–H and O–H groups in total. The maximum absolute atomic E-state index is 13.3. The van der Waals surface area contributed by atoms with Crippen LogP contribution in [0.4, 0.5) is 10.1 Å². The monoisotopic (exact) mass is 235 g/mol. The van der Waals surface area contributed by atoms with Gasteiger partial charge in [0.1, 0.15) is 11.4 Å². The summed E-state index contributed by atoms with van der Waals surface area (Å²) in [6.45, 7) is 0.375. The van der Waals surface area contributed by atoms with Crippen LogP contribution in [0.2, 0.25) is 0 Å². The lowest BCUT2D eigenvalue weighted by molar-refractivity contribution is 0.0693. The van der Waals surface area contributed by atoms with E-state index in [1.807, 2.05) is 0 Å². The van der Waals surface area contributed by atoms with Crippen molar-refractivity contribution in [2.75, 3.05) is 5.32 Å². The molecule has 1 aromatic carbocycles. The molecule has 0 fully saturated rings. The van der Waals surface area contributed by atoms with Crippen molar-refractivity contribution in [3.63, 3.8) is 0 Å². The Morgan fingerprint density at radius 1 is 1.41 bits per heavy atom. The zero-order valence-electron chi connectivity index (χ0n) is 8.81. The van der Waals surface area contributed by atoms with Crippen LogP contribution in [0, 0.1) is 5.82 Å². The highest BCUT2D eigenvalue weighted by Gasteiger charge is 2.15. The lowest BCUT2D eigenvalue weighted by Gasteiger charge is -2.08. The number of furan rings is 1. The molecule has 4 nitrogen and oxygen atoms in total. The summed E-state index contributed by atoms with van der Waals surface area (Å²) in [6.07, 6.45) is 3.05. The maximum Gasteiger partial charge on any atom is 0.340 e. The van der Waals surface area contributed by atoms with Gasteiger partial charge in [-0.3, -0.25) is 0 Å². The van der Waals surface area contributed by atoms with Crippen molar-refractivity contribution in [1.82, 2.24) is 0 Å². The smallest absolute Gasteiger partial charge is 0.340 e. The first kappa shape index (κ1) is 11.2. The Morgan fingerprint density at radius 2 is 2.24 bits per heavy atom. The van der Waals surface area contributed by atoms with Gasteiger partial charge in [0.25, 0.3) is 0 Å². The predicted octanol–water partition coefficient (Wildman–Crippen LogP) is 2.73. The van der Waals surface area contributed by atoms with E-state index in [2.05, 4.69) is 5.32 Å². The third-order valence-corrected chi connectivity index (χ3v) is 2.29. The van der Waals surface area contributed by atoms with Crippen molar-refractivity contribution >= 4 is 11.7 Å². The van der Waals surface area contributed by atoms with Crippen molar-refractivity contribution in [3.05, 3.63) is 53.7 Å². The van der Waals surface area contributed by atoms with Gasteiger partial charge in [-0.1, -0.05) is 6.07 Å². The molecule has 1 aromatic heterocycles. The van der Waals surface area contributed by atoms with Crippen molar-refractivity contribution in [2.24, 2.45) is 0 Å². The zero-order chi connectivity index (χ0) is 12.3. The van der Waals surface area contributed by atoms with Gasteiger partial charge >= 0.3 is 5.97 Å². The summed E-state index contributed by atoms with van der Waals surface area (Å²) in [4.78, 5) is 10.9. The number of aromatic carboxylic acids is 1. The van der Waals surface area contributed by atoms with Crippen LogP contribution in [0.5, 0.6) is 0 Å². The average Bonchev–Trinajstić information content (AvgIpc) is 2.78. The zero-order valence-corrected chi connectivity index (χ0v) is 8.81. The van der Waals surface area contributed by atoms with Crippen molar-refractivity contribution in [1.29, 1.82) is 0 Å². The number of carboxylic acids is 1. The summed E-state index contributed by atoms with van der Waals surface area (Å²) >= 11 is 0. The molecular formula is C12H10FNO3. The maximum atomic E-state index is 13.3. The highest BCUT2D eigenvalue weighted by molar-refractivity contribution is 5.94. The predicted molar refractivity (Wildman–Crippen MR) is 59.4 cm³/mol. The molecule has 0 unspecified atom stereocenters. The Labute approximate surface area is 96.7 Å². The molecule has 88 valence electrons. The molecule has 0 aliphatic heterocycles. The van der Waals surface area contributed by atoms with Gasteiger partial charge in [-0.25, -0.2) is 9.18 Å². The number of nitrogens with one attached hydrogen (secondary N) is 1. The van der Waals surface area contributed by atoms with E-state index in [4.69, 9.17) is 9.52 Å². The Hall–Kier alpha value is -2.30. The van der Waals surface area contributed by atoms with Crippen molar-refractivity contribution in [3.8, 4) is 0 Å². The topological polar surface area (TPSA) is 62.5 Å². The summed E-state index contributed by atoms with van der Waals surface area (Å²) in [6, 6.07) is 5.84. The van der Waals surface area contributed by atoms with Crippen LogP contribution in [0.3, 0.4) is 0 Å². The van der Waals surface area contributed by atoms with Gasteiger partial charge in [0, 0.05) is 12.1 Å². The van der Waals surface area contributed by atoms with Crippen LogP contribution >= 0.6 is 0 Å². The molecule has 5 heteroatoms. The molecule has 0 atom stereocenters. The van der Waals surface area contributed by atoms with Crippen LogP contribution in [0.1, 0.15) is 15.9 Å². The first-order valence-electron chi connectivity index (χ1n) is 4.95. The van der Waals surface area contributed by atoms with E-state index >= 15 is 0 Å². The minimum Gasteiger partial charge on any atom is -0.478 e. The number of halogens is 1. The van der Waals surface area contributed by atoms with E-state index < -0.39 is 11.8 Å². The number of anilines is 1. The van der Waals surface area contributed by atoms with Gasteiger partial charge in [-0.05, 0) is 18.2 Å². The van der Waals surface area contributed by atoms with E-state index in [9.17, 15) is 9.18 Å². The highest BCUT2D eigenvalue weighted by atomic mass is 19.1. The number of carbonyl (C=O) groups is 1. The van der Waals surface area contributed by atoms with Gasteiger partial charge in [-0.15, -0.1) is 0 Å². The molecular weight excluding hydrogens is 225 g/mol. The van der Waals surface area contributed by atoms with Gasteiger partial charge in [0.15, 0.2) is 0 Å². The Morgan fingerprint density at radius 3 is 2.88 bits per heavy atom. The van der Waals surface area contributed by atoms with E-state index in [1.54, 1.807) is 6.07 Å². The van der Waals surface area contributed by atoms with Crippen molar-refractivity contribution in [2.45, 2.75) is 6.54 Å². The minimum absolute atomic E-state index is 0.249. The third kappa shape index (κ3) is 2.44. The summed E-state index contributed by atoms with van der Waals surface area (Å²) in [5.41, 5.74) is 0.750. The molecule has 1 heterocycles. The Balaban J connectivity index is 2.21. The van der Waals surface area contributed by atoms with E-state index in [0.717, 1.165) is 11.6 Å². The Kier molecular flexibility index (Phi) is 3.09. The molecule has 2 rings (SSSR count). The van der Waals surface area contributed by atoms with Crippen LogP contribution in [-0.2, 0) is 6.54 Å². The molecule has 2 aromatic rings. The van der Waals surface area contributed by atoms with Crippen LogP contribution in [0.25, 0.3) is 0 Å². The van der Waals surface area contributed by atoms with E-state index in [-0.39, 0.29) is 11.3 Å². The normalized spacial score (nSPS) is 10.2. The second kappa shape index (κ2) is 4.69. The second-order valence-electron chi connectivity index (χ2n) is 3.45. The number of carboxylic acid groups (broad SMARTS) is 1. The molecule has 17 heavy (non-hydrogen) atoms. The van der Waals surface area contributed by atoms with Gasteiger partial charge in [0.05, 0.1) is 18.2 Å². The van der Waals surface area contributed by atoms with Crippen molar-refractivity contribution < 1.29 is 18.7 Å². The largest absolute Gasteiger partial charge is 0.478 e.